The topological polar surface area (TPSA) is 118 Å². The number of aromatic nitrogens is 2. The Morgan fingerprint density at radius 3 is 2.44 bits per heavy atom. The summed E-state index contributed by atoms with van der Waals surface area (Å²) in [4.78, 5) is 4.31. The van der Waals surface area contributed by atoms with E-state index in [2.05, 4.69) is 21.5 Å². The van der Waals surface area contributed by atoms with Gasteiger partial charge in [-0.05, 0) is 37.1 Å². The Kier molecular flexibility index (Phi) is 5.70. The Morgan fingerprint density at radius 1 is 1.11 bits per heavy atom. The summed E-state index contributed by atoms with van der Waals surface area (Å²) in [7, 11) is 0. The number of nitriles is 1. The summed E-state index contributed by atoms with van der Waals surface area (Å²) in [5.41, 5.74) is 14.8. The second-order valence-corrected chi connectivity index (χ2v) is 5.93. The van der Waals surface area contributed by atoms with Crippen LogP contribution >= 0.6 is 0 Å². The highest BCUT2D eigenvalue weighted by Gasteiger charge is 2.15. The summed E-state index contributed by atoms with van der Waals surface area (Å²) < 4.78 is 1.60. The van der Waals surface area contributed by atoms with Crippen molar-refractivity contribution in [2.24, 2.45) is 10.7 Å². The molecule has 0 spiro atoms. The van der Waals surface area contributed by atoms with E-state index in [9.17, 15) is 5.26 Å². The Morgan fingerprint density at radius 2 is 1.78 bits per heavy atom. The van der Waals surface area contributed by atoms with Crippen LogP contribution in [0.15, 0.2) is 65.7 Å². The van der Waals surface area contributed by atoms with E-state index in [0.29, 0.717) is 42.4 Å². The van der Waals surface area contributed by atoms with E-state index in [0.717, 1.165) is 11.4 Å². The number of benzene rings is 2. The number of rotatable bonds is 6. The molecule has 0 aliphatic heterocycles. The maximum Gasteiger partial charge on any atom is 0.193 e. The molecule has 0 aliphatic carbocycles. The Balaban J connectivity index is 1.63. The number of anilines is 2. The summed E-state index contributed by atoms with van der Waals surface area (Å²) in [6.45, 7) is 0.522. The van der Waals surface area contributed by atoms with Crippen LogP contribution in [0.4, 0.5) is 11.5 Å². The van der Waals surface area contributed by atoms with Gasteiger partial charge in [-0.25, -0.2) is 4.68 Å². The van der Waals surface area contributed by atoms with Crippen molar-refractivity contribution >= 4 is 17.5 Å². The van der Waals surface area contributed by atoms with Gasteiger partial charge in [0.05, 0.1) is 11.4 Å². The number of nitrogens with one attached hydrogen (secondary N) is 1. The molecule has 0 atom stereocenters. The molecule has 0 aliphatic rings. The molecular formula is C20H21N7. The third-order valence-electron chi connectivity index (χ3n) is 4.01. The van der Waals surface area contributed by atoms with Gasteiger partial charge >= 0.3 is 0 Å². The fourth-order valence-corrected chi connectivity index (χ4v) is 2.70. The molecule has 0 fully saturated rings. The Hall–Kier alpha value is -3.79. The van der Waals surface area contributed by atoms with Crippen LogP contribution in [0.3, 0.4) is 0 Å². The van der Waals surface area contributed by atoms with E-state index in [-0.39, 0.29) is 0 Å². The monoisotopic (exact) mass is 359 g/mol. The predicted octanol–water partition coefficient (Wildman–Crippen LogP) is 2.69. The van der Waals surface area contributed by atoms with E-state index in [4.69, 9.17) is 11.5 Å². The van der Waals surface area contributed by atoms with Crippen LogP contribution in [0, 0.1) is 11.3 Å². The highest BCUT2D eigenvalue weighted by Crippen LogP contribution is 2.21. The number of nitrogens with two attached hydrogens (primary N) is 2. The quantitative estimate of drug-likeness (QED) is 0.355. The van der Waals surface area contributed by atoms with E-state index < -0.39 is 0 Å². The lowest BCUT2D eigenvalue weighted by molar-refractivity contribution is 0.776. The fraction of sp³-hybridized carbons (Fsp3) is 0.150. The minimum atomic E-state index is 0.354. The van der Waals surface area contributed by atoms with Crippen molar-refractivity contribution in [3.05, 3.63) is 71.9 Å². The van der Waals surface area contributed by atoms with Crippen molar-refractivity contribution < 1.29 is 0 Å². The second-order valence-electron chi connectivity index (χ2n) is 5.93. The number of guanidine groups is 1. The van der Waals surface area contributed by atoms with Crippen LogP contribution in [0.1, 0.15) is 17.7 Å². The standard InChI is InChI=1S/C20H21N7/c21-14-17-18(26-27(19(17)22)16-10-5-2-6-11-16)12-7-13-24-20(23)25-15-8-3-1-4-9-15/h1-6,8-11H,7,12-13,22H2,(H3,23,24,25). The molecule has 7 nitrogen and oxygen atoms in total. The number of hydrogen-bond donors (Lipinski definition) is 3. The third-order valence-corrected chi connectivity index (χ3v) is 4.01. The number of aliphatic imine (C=N–C) groups is 1. The molecule has 0 saturated heterocycles. The average molecular weight is 359 g/mol. The minimum Gasteiger partial charge on any atom is -0.382 e. The van der Waals surface area contributed by atoms with Gasteiger partial charge in [-0.1, -0.05) is 36.4 Å². The maximum absolute atomic E-state index is 9.43. The van der Waals surface area contributed by atoms with E-state index >= 15 is 0 Å². The van der Waals surface area contributed by atoms with E-state index in [1.54, 1.807) is 4.68 Å². The SMILES string of the molecule is N#Cc1c(CCCN=C(N)Nc2ccccc2)nn(-c2ccccc2)c1N. The van der Waals surface area contributed by atoms with Gasteiger partial charge in [0, 0.05) is 12.2 Å². The van der Waals surface area contributed by atoms with Gasteiger partial charge in [0.15, 0.2) is 5.96 Å². The van der Waals surface area contributed by atoms with E-state index in [1.807, 2.05) is 60.7 Å². The molecule has 5 N–H and O–H groups in total. The molecule has 0 unspecified atom stereocenters. The summed E-state index contributed by atoms with van der Waals surface area (Å²) in [6.07, 6.45) is 1.30. The van der Waals surface area contributed by atoms with Crippen molar-refractivity contribution in [2.75, 3.05) is 17.6 Å². The molecule has 0 bridgehead atoms. The van der Waals surface area contributed by atoms with Crippen LogP contribution in [0.25, 0.3) is 5.69 Å². The highest BCUT2D eigenvalue weighted by atomic mass is 15.3. The zero-order valence-electron chi connectivity index (χ0n) is 14.8. The third kappa shape index (κ3) is 4.44. The van der Waals surface area contributed by atoms with Gasteiger partial charge in [-0.3, -0.25) is 4.99 Å². The first-order valence-corrected chi connectivity index (χ1v) is 8.64. The first-order chi connectivity index (χ1) is 13.2. The number of aryl methyl sites for hydroxylation is 1. The van der Waals surface area contributed by atoms with Gasteiger partial charge in [-0.2, -0.15) is 10.4 Å². The molecule has 1 aromatic heterocycles. The lowest BCUT2D eigenvalue weighted by atomic mass is 10.1. The lowest BCUT2D eigenvalue weighted by Gasteiger charge is -2.04. The molecule has 0 radical (unpaired) electrons. The Bertz CT molecular complexity index is 953. The lowest BCUT2D eigenvalue weighted by Crippen LogP contribution is -2.22. The summed E-state index contributed by atoms with van der Waals surface area (Å²) in [5.74, 6) is 0.712. The molecule has 1 heterocycles. The van der Waals surface area contributed by atoms with Crippen LogP contribution in [0.5, 0.6) is 0 Å². The summed E-state index contributed by atoms with van der Waals surface area (Å²) in [5, 5.41) is 17.0. The minimum absolute atomic E-state index is 0.354. The molecule has 136 valence electrons. The molecular weight excluding hydrogens is 338 g/mol. The number of nitrogens with zero attached hydrogens (tertiary/aromatic N) is 4. The van der Waals surface area contributed by atoms with Crippen LogP contribution < -0.4 is 16.8 Å². The van der Waals surface area contributed by atoms with Crippen molar-refractivity contribution in [3.8, 4) is 11.8 Å². The molecule has 7 heteroatoms. The predicted molar refractivity (Wildman–Crippen MR) is 108 cm³/mol. The summed E-state index contributed by atoms with van der Waals surface area (Å²) >= 11 is 0. The second kappa shape index (κ2) is 8.54. The fourth-order valence-electron chi connectivity index (χ4n) is 2.70. The summed E-state index contributed by atoms with van der Waals surface area (Å²) in [6, 6.07) is 21.3. The van der Waals surface area contributed by atoms with E-state index in [1.165, 1.54) is 0 Å². The van der Waals surface area contributed by atoms with Crippen molar-refractivity contribution in [2.45, 2.75) is 12.8 Å². The molecule has 2 aromatic carbocycles. The number of hydrogen-bond acceptors (Lipinski definition) is 4. The van der Waals surface area contributed by atoms with Gasteiger partial charge in [0.1, 0.15) is 17.5 Å². The van der Waals surface area contributed by atoms with Gasteiger partial charge in [0.2, 0.25) is 0 Å². The maximum atomic E-state index is 9.43. The zero-order chi connectivity index (χ0) is 19.1. The molecule has 3 rings (SSSR count). The van der Waals surface area contributed by atoms with Crippen molar-refractivity contribution in [1.82, 2.24) is 9.78 Å². The highest BCUT2D eigenvalue weighted by molar-refractivity contribution is 5.92. The van der Waals surface area contributed by atoms with Crippen LogP contribution in [-0.2, 0) is 6.42 Å². The number of nitrogen functional groups attached to an aromatic ring is 1. The normalized spacial score (nSPS) is 11.1. The average Bonchev–Trinajstić information content (AvgIpc) is 3.02. The molecule has 0 saturated carbocycles. The smallest absolute Gasteiger partial charge is 0.193 e. The van der Waals surface area contributed by atoms with Crippen LogP contribution in [-0.4, -0.2) is 22.3 Å². The molecule has 0 amide bonds. The number of para-hydroxylation sites is 2. The van der Waals surface area contributed by atoms with Gasteiger partial charge < -0.3 is 16.8 Å². The van der Waals surface area contributed by atoms with Crippen molar-refractivity contribution in [1.29, 1.82) is 5.26 Å². The molecule has 3 aromatic rings. The largest absolute Gasteiger partial charge is 0.382 e. The van der Waals surface area contributed by atoms with Crippen molar-refractivity contribution in [3.63, 3.8) is 0 Å². The Labute approximate surface area is 157 Å². The zero-order valence-corrected chi connectivity index (χ0v) is 14.8. The van der Waals surface area contributed by atoms with Crippen LogP contribution in [0.2, 0.25) is 0 Å². The van der Waals surface area contributed by atoms with Gasteiger partial charge in [0.25, 0.3) is 0 Å². The van der Waals surface area contributed by atoms with Gasteiger partial charge in [-0.15, -0.1) is 0 Å². The first-order valence-electron chi connectivity index (χ1n) is 8.64. The first kappa shape index (κ1) is 18.0. The molecule has 27 heavy (non-hydrogen) atoms.